The summed E-state index contributed by atoms with van der Waals surface area (Å²) in [4.78, 5) is 4.39. The molecule has 1 fully saturated rings. The van der Waals surface area contributed by atoms with Gasteiger partial charge in [0.25, 0.3) is 0 Å². The van der Waals surface area contributed by atoms with Gasteiger partial charge in [0.05, 0.1) is 6.61 Å². The van der Waals surface area contributed by atoms with Gasteiger partial charge in [-0.3, -0.25) is 0 Å². The average molecular weight is 289 g/mol. The van der Waals surface area contributed by atoms with Crippen LogP contribution in [0.5, 0.6) is 0 Å². The maximum atomic E-state index is 5.96. The van der Waals surface area contributed by atoms with Crippen molar-refractivity contribution in [2.24, 2.45) is 0 Å². The van der Waals surface area contributed by atoms with Gasteiger partial charge in [0, 0.05) is 17.3 Å². The van der Waals surface area contributed by atoms with Gasteiger partial charge in [0.1, 0.15) is 17.4 Å². The van der Waals surface area contributed by atoms with Gasteiger partial charge in [0.15, 0.2) is 0 Å². The highest BCUT2D eigenvalue weighted by Gasteiger charge is 2.42. The van der Waals surface area contributed by atoms with Crippen molar-refractivity contribution in [3.8, 4) is 0 Å². The van der Waals surface area contributed by atoms with Crippen molar-refractivity contribution in [1.82, 2.24) is 4.98 Å². The topological polar surface area (TPSA) is 31.4 Å². The molecule has 0 aliphatic heterocycles. The lowest BCUT2D eigenvalue weighted by molar-refractivity contribution is -0.178. The van der Waals surface area contributed by atoms with E-state index in [4.69, 9.17) is 9.47 Å². The van der Waals surface area contributed by atoms with Crippen LogP contribution >= 0.6 is 21.4 Å². The van der Waals surface area contributed by atoms with Gasteiger partial charge in [-0.15, -0.1) is 11.3 Å². The Balaban J connectivity index is 1.72. The summed E-state index contributed by atoms with van der Waals surface area (Å²) >= 11 is 1.69. The minimum Gasteiger partial charge on any atom is -0.355 e. The zero-order valence-corrected chi connectivity index (χ0v) is 13.1. The molecule has 3 nitrogen and oxygen atoms in total. The van der Waals surface area contributed by atoms with E-state index in [1.807, 2.05) is 11.6 Å². The number of hydrogen-bond donors (Lipinski definition) is 0. The van der Waals surface area contributed by atoms with Crippen molar-refractivity contribution < 1.29 is 9.47 Å². The first-order chi connectivity index (χ1) is 8.52. The van der Waals surface area contributed by atoms with Gasteiger partial charge in [-0.25, -0.2) is 15.0 Å². The van der Waals surface area contributed by atoms with E-state index < -0.39 is 10.0 Å². The molecule has 0 atom stereocenters. The first kappa shape index (κ1) is 14.3. The smallest absolute Gasteiger partial charge is 0.148 e. The fraction of sp³-hybridized carbons (Fsp3) is 0.769. The molecule has 1 aliphatic carbocycles. The Morgan fingerprint density at radius 1 is 1.39 bits per heavy atom. The summed E-state index contributed by atoms with van der Waals surface area (Å²) < 4.78 is 11.6. The largest absolute Gasteiger partial charge is 0.355 e. The lowest BCUT2D eigenvalue weighted by atomic mass is 9.80. The number of nitrogens with zero attached hydrogens (tertiary/aromatic N) is 1. The molecule has 1 aromatic heterocycles. The SMILES string of the molecule is CS(C)(C)CCOCOC1(c2nccs2)CCC1. The molecule has 1 heterocycles. The first-order valence-corrected chi connectivity index (χ1v) is 10.2. The van der Waals surface area contributed by atoms with Gasteiger partial charge >= 0.3 is 0 Å². The zero-order chi connectivity index (χ0) is 13.1. The van der Waals surface area contributed by atoms with Crippen molar-refractivity contribution in [1.29, 1.82) is 0 Å². The molecule has 1 saturated carbocycles. The van der Waals surface area contributed by atoms with Crippen LogP contribution in [0.3, 0.4) is 0 Å². The monoisotopic (exact) mass is 289 g/mol. The molecule has 0 aromatic carbocycles. The lowest BCUT2D eigenvalue weighted by Crippen LogP contribution is -2.37. The third-order valence-electron chi connectivity index (χ3n) is 3.24. The second kappa shape index (κ2) is 5.90. The van der Waals surface area contributed by atoms with Crippen molar-refractivity contribution in [3.63, 3.8) is 0 Å². The third kappa shape index (κ3) is 3.70. The number of aromatic nitrogens is 1. The highest BCUT2D eigenvalue weighted by Crippen LogP contribution is 2.45. The molecule has 0 unspecified atom stereocenters. The van der Waals surface area contributed by atoms with Gasteiger partial charge in [-0.1, -0.05) is 0 Å². The van der Waals surface area contributed by atoms with E-state index in [0.717, 1.165) is 30.2 Å². The average Bonchev–Trinajstić information content (AvgIpc) is 2.72. The van der Waals surface area contributed by atoms with E-state index in [2.05, 4.69) is 23.8 Å². The quantitative estimate of drug-likeness (QED) is 0.570. The van der Waals surface area contributed by atoms with Crippen LogP contribution in [0, 0.1) is 0 Å². The summed E-state index contributed by atoms with van der Waals surface area (Å²) in [7, 11) is -0.466. The third-order valence-corrected chi connectivity index (χ3v) is 5.59. The van der Waals surface area contributed by atoms with E-state index >= 15 is 0 Å². The van der Waals surface area contributed by atoms with Crippen LogP contribution in [0.25, 0.3) is 0 Å². The number of hydrogen-bond acceptors (Lipinski definition) is 4. The second-order valence-corrected chi connectivity index (χ2v) is 11.1. The fourth-order valence-corrected chi connectivity index (χ4v) is 3.36. The number of ether oxygens (including phenoxy) is 2. The van der Waals surface area contributed by atoms with Crippen LogP contribution < -0.4 is 0 Å². The Bertz CT molecular complexity index is 356. The van der Waals surface area contributed by atoms with Crippen LogP contribution in [0.2, 0.25) is 0 Å². The Kier molecular flexibility index (Phi) is 4.69. The molecule has 0 saturated heterocycles. The van der Waals surface area contributed by atoms with Crippen molar-refractivity contribution in [2.45, 2.75) is 24.9 Å². The predicted molar refractivity (Wildman–Crippen MR) is 79.8 cm³/mol. The van der Waals surface area contributed by atoms with Crippen LogP contribution in [-0.2, 0) is 15.1 Å². The standard InChI is InChI=1S/C13H23NO2S2/c1-18(2,3)10-8-15-11-16-13(5-4-6-13)12-14-7-9-17-12/h7,9H,4-6,8,10-11H2,1-3H3. The zero-order valence-electron chi connectivity index (χ0n) is 11.5. The van der Waals surface area contributed by atoms with E-state index in [1.165, 1.54) is 6.42 Å². The fourth-order valence-electron chi connectivity index (χ4n) is 1.89. The van der Waals surface area contributed by atoms with Gasteiger partial charge in [-0.2, -0.15) is 0 Å². The minimum absolute atomic E-state index is 0.136. The molecule has 1 aromatic rings. The number of rotatable bonds is 7. The minimum atomic E-state index is -0.466. The second-order valence-electron chi connectivity index (χ2n) is 5.65. The van der Waals surface area contributed by atoms with Crippen LogP contribution in [0.4, 0.5) is 0 Å². The van der Waals surface area contributed by atoms with Crippen LogP contribution in [-0.4, -0.2) is 42.9 Å². The van der Waals surface area contributed by atoms with Gasteiger partial charge in [-0.05, 0) is 38.0 Å². The maximum absolute atomic E-state index is 5.96. The van der Waals surface area contributed by atoms with Crippen molar-refractivity contribution >= 4 is 21.4 Å². The van der Waals surface area contributed by atoms with Crippen LogP contribution in [0.15, 0.2) is 11.6 Å². The molecule has 2 rings (SSSR count). The summed E-state index contributed by atoms with van der Waals surface area (Å²) in [5, 5.41) is 3.13. The molecule has 0 bridgehead atoms. The lowest BCUT2D eigenvalue weighted by Gasteiger charge is -2.39. The normalized spacial score (nSPS) is 19.5. The first-order valence-electron chi connectivity index (χ1n) is 6.30. The molecule has 0 spiro atoms. The summed E-state index contributed by atoms with van der Waals surface area (Å²) in [5.41, 5.74) is -0.136. The molecule has 18 heavy (non-hydrogen) atoms. The molecule has 5 heteroatoms. The molecular formula is C13H23NO2S2. The highest BCUT2D eigenvalue weighted by atomic mass is 32.3. The van der Waals surface area contributed by atoms with Crippen molar-refractivity contribution in [3.05, 3.63) is 16.6 Å². The Morgan fingerprint density at radius 2 is 2.17 bits per heavy atom. The van der Waals surface area contributed by atoms with Crippen molar-refractivity contribution in [2.75, 3.05) is 37.9 Å². The molecular weight excluding hydrogens is 266 g/mol. The van der Waals surface area contributed by atoms with Gasteiger partial charge < -0.3 is 9.47 Å². The summed E-state index contributed by atoms with van der Waals surface area (Å²) in [6.07, 6.45) is 12.2. The van der Waals surface area contributed by atoms with Crippen LogP contribution in [0.1, 0.15) is 24.3 Å². The summed E-state index contributed by atoms with van der Waals surface area (Å²) in [6.45, 7) is 1.20. The molecule has 1 aliphatic rings. The van der Waals surface area contributed by atoms with E-state index in [0.29, 0.717) is 6.79 Å². The Labute approximate surface area is 115 Å². The van der Waals surface area contributed by atoms with E-state index in [9.17, 15) is 0 Å². The highest BCUT2D eigenvalue weighted by molar-refractivity contribution is 8.32. The summed E-state index contributed by atoms with van der Waals surface area (Å²) in [6, 6.07) is 0. The Hall–Kier alpha value is -0.100. The Morgan fingerprint density at radius 3 is 2.67 bits per heavy atom. The molecule has 0 amide bonds. The molecule has 0 radical (unpaired) electrons. The van der Waals surface area contributed by atoms with E-state index in [1.54, 1.807) is 11.3 Å². The summed E-state index contributed by atoms with van der Waals surface area (Å²) in [5.74, 6) is 1.14. The maximum Gasteiger partial charge on any atom is 0.148 e. The molecule has 104 valence electrons. The number of thiazole rings is 1. The molecule has 0 N–H and O–H groups in total. The van der Waals surface area contributed by atoms with E-state index in [-0.39, 0.29) is 5.60 Å². The van der Waals surface area contributed by atoms with Gasteiger partial charge in [0.2, 0.25) is 0 Å². The predicted octanol–water partition coefficient (Wildman–Crippen LogP) is 3.21.